The molecule has 8 heteroatoms. The molecule has 2 unspecified atom stereocenters. The number of allylic oxidation sites excluding steroid dienone is 1. The summed E-state index contributed by atoms with van der Waals surface area (Å²) < 4.78 is 0. The van der Waals surface area contributed by atoms with Crippen LogP contribution < -0.4 is 16.2 Å². The Morgan fingerprint density at radius 1 is 1.25 bits per heavy atom. The summed E-state index contributed by atoms with van der Waals surface area (Å²) in [6, 6.07) is 7.57. The third-order valence-electron chi connectivity index (χ3n) is 4.70. The average Bonchev–Trinajstić information content (AvgIpc) is 2.73. The van der Waals surface area contributed by atoms with Gasteiger partial charge in [-0.1, -0.05) is 19.1 Å². The van der Waals surface area contributed by atoms with Crippen LogP contribution in [0.3, 0.4) is 0 Å². The molecule has 4 rings (SSSR count). The number of aliphatic imine (C=N–C) groups is 1. The van der Waals surface area contributed by atoms with Gasteiger partial charge in [0.25, 0.3) is 5.56 Å². The number of nitrogens with zero attached hydrogens (tertiary/aromatic N) is 4. The lowest BCUT2D eigenvalue weighted by molar-refractivity contribution is 0.671. The molecule has 0 fully saturated rings. The SMILES string of the molecule is CC1N=CC(c2cc(NCC(C)c3cccc4c(=O)[nH]cnc34)ncn2)=CN1. The highest BCUT2D eigenvalue weighted by molar-refractivity contribution is 6.09. The molecule has 0 spiro atoms. The summed E-state index contributed by atoms with van der Waals surface area (Å²) in [4.78, 5) is 31.9. The van der Waals surface area contributed by atoms with E-state index < -0.39 is 0 Å². The molecule has 3 aromatic rings. The maximum absolute atomic E-state index is 12.0. The van der Waals surface area contributed by atoms with Gasteiger partial charge in [0.2, 0.25) is 0 Å². The van der Waals surface area contributed by atoms with Crippen LogP contribution in [0, 0.1) is 0 Å². The normalized spacial score (nSPS) is 17.1. The summed E-state index contributed by atoms with van der Waals surface area (Å²) in [5.41, 5.74) is 3.33. The van der Waals surface area contributed by atoms with E-state index in [-0.39, 0.29) is 17.6 Å². The number of anilines is 1. The van der Waals surface area contributed by atoms with Gasteiger partial charge in [-0.15, -0.1) is 0 Å². The molecule has 1 aliphatic rings. The number of nitrogens with one attached hydrogen (secondary N) is 3. The van der Waals surface area contributed by atoms with E-state index in [2.05, 4.69) is 42.5 Å². The van der Waals surface area contributed by atoms with Crippen LogP contribution in [-0.2, 0) is 0 Å². The molecule has 2 atom stereocenters. The maximum Gasteiger partial charge on any atom is 0.258 e. The van der Waals surface area contributed by atoms with Crippen LogP contribution >= 0.6 is 0 Å². The number of aromatic nitrogens is 4. The van der Waals surface area contributed by atoms with Crippen LogP contribution in [0.15, 0.2) is 52.9 Å². The first-order valence-corrected chi connectivity index (χ1v) is 9.14. The van der Waals surface area contributed by atoms with E-state index in [1.807, 2.05) is 37.5 Å². The third-order valence-corrected chi connectivity index (χ3v) is 4.70. The summed E-state index contributed by atoms with van der Waals surface area (Å²) in [6.07, 6.45) is 6.78. The molecule has 28 heavy (non-hydrogen) atoms. The van der Waals surface area contributed by atoms with E-state index in [1.165, 1.54) is 12.7 Å². The monoisotopic (exact) mass is 375 g/mol. The molecule has 1 aliphatic heterocycles. The minimum absolute atomic E-state index is 0.0746. The average molecular weight is 375 g/mol. The molecule has 8 nitrogen and oxygen atoms in total. The Bertz CT molecular complexity index is 1120. The molecule has 1 aromatic carbocycles. The van der Waals surface area contributed by atoms with Crippen LogP contribution in [-0.4, -0.2) is 38.9 Å². The predicted octanol–water partition coefficient (Wildman–Crippen LogP) is 2.29. The summed E-state index contributed by atoms with van der Waals surface area (Å²) >= 11 is 0. The number of aromatic amines is 1. The Balaban J connectivity index is 1.51. The maximum atomic E-state index is 12.0. The molecule has 0 amide bonds. The van der Waals surface area contributed by atoms with Crippen LogP contribution in [0.4, 0.5) is 5.82 Å². The van der Waals surface area contributed by atoms with Gasteiger partial charge in [0.15, 0.2) is 0 Å². The lowest BCUT2D eigenvalue weighted by atomic mass is 9.98. The Labute approximate surface area is 161 Å². The zero-order valence-corrected chi connectivity index (χ0v) is 15.7. The van der Waals surface area contributed by atoms with Crippen molar-refractivity contribution in [1.82, 2.24) is 25.3 Å². The number of hydrogen-bond donors (Lipinski definition) is 3. The van der Waals surface area contributed by atoms with Crippen molar-refractivity contribution < 1.29 is 0 Å². The number of rotatable bonds is 5. The highest BCUT2D eigenvalue weighted by Gasteiger charge is 2.13. The van der Waals surface area contributed by atoms with Crippen molar-refractivity contribution >= 4 is 28.5 Å². The van der Waals surface area contributed by atoms with Crippen molar-refractivity contribution in [2.45, 2.75) is 25.9 Å². The Kier molecular flexibility index (Phi) is 4.84. The van der Waals surface area contributed by atoms with Gasteiger partial charge in [-0.3, -0.25) is 9.79 Å². The van der Waals surface area contributed by atoms with Crippen molar-refractivity contribution in [3.63, 3.8) is 0 Å². The molecule has 142 valence electrons. The van der Waals surface area contributed by atoms with Gasteiger partial charge in [0.05, 0.1) is 22.9 Å². The zero-order valence-electron chi connectivity index (χ0n) is 15.7. The van der Waals surface area contributed by atoms with E-state index >= 15 is 0 Å². The van der Waals surface area contributed by atoms with Gasteiger partial charge >= 0.3 is 0 Å². The number of fused-ring (bicyclic) bond motifs is 1. The predicted molar refractivity (Wildman–Crippen MR) is 110 cm³/mol. The van der Waals surface area contributed by atoms with Gasteiger partial charge in [-0.2, -0.15) is 0 Å². The largest absolute Gasteiger partial charge is 0.369 e. The van der Waals surface area contributed by atoms with E-state index in [4.69, 9.17) is 0 Å². The lowest BCUT2D eigenvalue weighted by Gasteiger charge is -2.16. The first-order chi connectivity index (χ1) is 13.6. The first kappa shape index (κ1) is 17.8. The molecule has 3 N–H and O–H groups in total. The highest BCUT2D eigenvalue weighted by Crippen LogP contribution is 2.23. The second-order valence-corrected chi connectivity index (χ2v) is 6.77. The summed E-state index contributed by atoms with van der Waals surface area (Å²) in [6.45, 7) is 4.72. The number of para-hydroxylation sites is 1. The van der Waals surface area contributed by atoms with Crippen LogP contribution in [0.2, 0.25) is 0 Å². The quantitative estimate of drug-likeness (QED) is 0.631. The minimum Gasteiger partial charge on any atom is -0.369 e. The van der Waals surface area contributed by atoms with E-state index in [0.29, 0.717) is 11.9 Å². The summed E-state index contributed by atoms with van der Waals surface area (Å²) in [5.74, 6) is 0.866. The van der Waals surface area contributed by atoms with Crippen molar-refractivity contribution in [3.05, 3.63) is 64.7 Å². The fraction of sp³-hybridized carbons (Fsp3) is 0.250. The van der Waals surface area contributed by atoms with Gasteiger partial charge in [-0.25, -0.2) is 15.0 Å². The fourth-order valence-corrected chi connectivity index (χ4v) is 3.12. The molecule has 0 radical (unpaired) electrons. The van der Waals surface area contributed by atoms with Crippen molar-refractivity contribution in [1.29, 1.82) is 0 Å². The lowest BCUT2D eigenvalue weighted by Crippen LogP contribution is -2.22. The molecule has 0 aliphatic carbocycles. The molecule has 3 heterocycles. The molecular formula is C20H21N7O. The van der Waals surface area contributed by atoms with Gasteiger partial charge in [0, 0.05) is 36.5 Å². The summed E-state index contributed by atoms with van der Waals surface area (Å²) in [7, 11) is 0. The van der Waals surface area contributed by atoms with Gasteiger partial charge < -0.3 is 15.6 Å². The number of H-pyrrole nitrogens is 1. The van der Waals surface area contributed by atoms with Crippen LogP contribution in [0.25, 0.3) is 16.5 Å². The third kappa shape index (κ3) is 3.62. The second-order valence-electron chi connectivity index (χ2n) is 6.77. The first-order valence-electron chi connectivity index (χ1n) is 9.14. The summed E-state index contributed by atoms with van der Waals surface area (Å²) in [5, 5.41) is 7.12. The molecule has 0 saturated heterocycles. The smallest absolute Gasteiger partial charge is 0.258 e. The Hall–Kier alpha value is -3.55. The Morgan fingerprint density at radius 2 is 2.14 bits per heavy atom. The van der Waals surface area contributed by atoms with E-state index in [9.17, 15) is 4.79 Å². The van der Waals surface area contributed by atoms with E-state index in [1.54, 1.807) is 6.07 Å². The van der Waals surface area contributed by atoms with E-state index in [0.717, 1.165) is 28.2 Å². The minimum atomic E-state index is -0.127. The van der Waals surface area contributed by atoms with Crippen molar-refractivity contribution in [2.75, 3.05) is 11.9 Å². The molecule has 0 saturated carbocycles. The standard InChI is InChI=1S/C20H21N7O/c1-12(15-4-3-5-16-19(15)26-11-27-20(16)28)7-23-18-6-17(24-10-25-18)14-8-21-13(2)22-9-14/h3-6,8-13,21H,7H2,1-2H3,(H,23,24,25)(H,26,27,28). The van der Waals surface area contributed by atoms with Gasteiger partial charge in [-0.05, 0) is 18.6 Å². The fourth-order valence-electron chi connectivity index (χ4n) is 3.12. The number of hydrogen-bond acceptors (Lipinski definition) is 7. The number of benzene rings is 1. The zero-order chi connectivity index (χ0) is 19.5. The van der Waals surface area contributed by atoms with Crippen LogP contribution in [0.1, 0.15) is 31.0 Å². The molecule has 0 bridgehead atoms. The van der Waals surface area contributed by atoms with Crippen molar-refractivity contribution in [2.24, 2.45) is 4.99 Å². The van der Waals surface area contributed by atoms with Crippen LogP contribution in [0.5, 0.6) is 0 Å². The molecular weight excluding hydrogens is 354 g/mol. The Morgan fingerprint density at radius 3 is 2.96 bits per heavy atom. The highest BCUT2D eigenvalue weighted by atomic mass is 16.1. The topological polar surface area (TPSA) is 108 Å². The second kappa shape index (κ2) is 7.59. The van der Waals surface area contributed by atoms with Crippen molar-refractivity contribution in [3.8, 4) is 0 Å². The molecule has 2 aromatic heterocycles. The van der Waals surface area contributed by atoms with Gasteiger partial charge in [0.1, 0.15) is 18.3 Å².